The van der Waals surface area contributed by atoms with Gasteiger partial charge < -0.3 is 14.8 Å². The summed E-state index contributed by atoms with van der Waals surface area (Å²) in [6.07, 6.45) is -6.25. The van der Waals surface area contributed by atoms with Gasteiger partial charge in [-0.15, -0.1) is 0 Å². The Bertz CT molecular complexity index is 479. The first-order valence-corrected chi connectivity index (χ1v) is 5.35. The molecule has 0 fully saturated rings. The topological polar surface area (TPSA) is 79.5 Å². The van der Waals surface area contributed by atoms with Crippen LogP contribution in [0.2, 0.25) is 0 Å². The SMILES string of the molecule is Cc1oc(CNC(=O)CCC(F)(F)F)cc1C(=O)O. The van der Waals surface area contributed by atoms with Crippen LogP contribution in [0.3, 0.4) is 0 Å². The molecular weight excluding hydrogens is 267 g/mol. The van der Waals surface area contributed by atoms with Gasteiger partial charge in [-0.25, -0.2) is 4.79 Å². The van der Waals surface area contributed by atoms with Gasteiger partial charge in [0, 0.05) is 6.42 Å². The van der Waals surface area contributed by atoms with Crippen LogP contribution in [0.25, 0.3) is 0 Å². The van der Waals surface area contributed by atoms with Crippen LogP contribution in [-0.4, -0.2) is 23.2 Å². The molecule has 0 aromatic carbocycles. The molecular formula is C11H12F3NO4. The number of hydrogen-bond acceptors (Lipinski definition) is 3. The van der Waals surface area contributed by atoms with E-state index >= 15 is 0 Å². The smallest absolute Gasteiger partial charge is 0.389 e. The summed E-state index contributed by atoms with van der Waals surface area (Å²) in [6.45, 7) is 1.29. The molecule has 5 nitrogen and oxygen atoms in total. The molecule has 0 aliphatic rings. The average Bonchev–Trinajstić information content (AvgIpc) is 2.64. The number of halogens is 3. The number of aromatic carboxylic acids is 1. The summed E-state index contributed by atoms with van der Waals surface area (Å²) in [4.78, 5) is 21.8. The Hall–Kier alpha value is -1.99. The van der Waals surface area contributed by atoms with Crippen molar-refractivity contribution in [2.45, 2.75) is 32.5 Å². The van der Waals surface area contributed by atoms with Crippen molar-refractivity contribution in [3.8, 4) is 0 Å². The molecule has 0 radical (unpaired) electrons. The molecule has 0 saturated carbocycles. The van der Waals surface area contributed by atoms with Crippen molar-refractivity contribution < 1.29 is 32.3 Å². The lowest BCUT2D eigenvalue weighted by atomic mass is 10.2. The normalized spacial score (nSPS) is 11.4. The van der Waals surface area contributed by atoms with Gasteiger partial charge in [0.2, 0.25) is 5.91 Å². The molecule has 0 bridgehead atoms. The second-order valence-electron chi connectivity index (χ2n) is 3.88. The van der Waals surface area contributed by atoms with Gasteiger partial charge in [-0.1, -0.05) is 0 Å². The van der Waals surface area contributed by atoms with Gasteiger partial charge in [-0.05, 0) is 13.0 Å². The van der Waals surface area contributed by atoms with Crippen LogP contribution in [0.5, 0.6) is 0 Å². The number of rotatable bonds is 5. The number of hydrogen-bond donors (Lipinski definition) is 2. The lowest BCUT2D eigenvalue weighted by Gasteiger charge is -2.06. The van der Waals surface area contributed by atoms with Gasteiger partial charge in [0.05, 0.1) is 13.0 Å². The number of carboxylic acids is 1. The second kappa shape index (κ2) is 5.77. The number of alkyl halides is 3. The van der Waals surface area contributed by atoms with Crippen LogP contribution in [0, 0.1) is 6.92 Å². The first-order valence-electron chi connectivity index (χ1n) is 5.35. The zero-order valence-electron chi connectivity index (χ0n) is 10.0. The Morgan fingerprint density at radius 1 is 1.42 bits per heavy atom. The molecule has 0 aliphatic carbocycles. The number of carboxylic acid groups (broad SMARTS) is 1. The summed E-state index contributed by atoms with van der Waals surface area (Å²) in [5, 5.41) is 11.0. The van der Waals surface area contributed by atoms with E-state index in [9.17, 15) is 22.8 Å². The Labute approximate surface area is 106 Å². The van der Waals surface area contributed by atoms with E-state index in [4.69, 9.17) is 9.52 Å². The molecule has 0 atom stereocenters. The quantitative estimate of drug-likeness (QED) is 0.866. The third kappa shape index (κ3) is 5.02. The molecule has 0 saturated heterocycles. The van der Waals surface area contributed by atoms with E-state index in [1.807, 2.05) is 0 Å². The van der Waals surface area contributed by atoms with Gasteiger partial charge >= 0.3 is 12.1 Å². The van der Waals surface area contributed by atoms with Gasteiger partial charge in [-0.2, -0.15) is 13.2 Å². The largest absolute Gasteiger partial charge is 0.478 e. The number of nitrogens with one attached hydrogen (secondary N) is 1. The fourth-order valence-corrected chi connectivity index (χ4v) is 1.37. The van der Waals surface area contributed by atoms with Crippen molar-refractivity contribution in [2.24, 2.45) is 0 Å². The van der Waals surface area contributed by atoms with Crippen molar-refractivity contribution in [1.82, 2.24) is 5.32 Å². The van der Waals surface area contributed by atoms with Crippen LogP contribution in [0.4, 0.5) is 13.2 Å². The molecule has 2 N–H and O–H groups in total. The molecule has 1 aromatic heterocycles. The fourth-order valence-electron chi connectivity index (χ4n) is 1.37. The first kappa shape index (κ1) is 15.1. The molecule has 1 amide bonds. The summed E-state index contributed by atoms with van der Waals surface area (Å²) >= 11 is 0. The Morgan fingerprint density at radius 3 is 2.53 bits per heavy atom. The predicted molar refractivity (Wildman–Crippen MR) is 57.5 cm³/mol. The van der Waals surface area contributed by atoms with E-state index in [1.54, 1.807) is 0 Å². The monoisotopic (exact) mass is 279 g/mol. The van der Waals surface area contributed by atoms with Crippen molar-refractivity contribution in [1.29, 1.82) is 0 Å². The lowest BCUT2D eigenvalue weighted by Crippen LogP contribution is -2.24. The van der Waals surface area contributed by atoms with Crippen molar-refractivity contribution in [2.75, 3.05) is 0 Å². The summed E-state index contributed by atoms with van der Waals surface area (Å²) < 4.78 is 40.6. The molecule has 0 aliphatic heterocycles. The highest BCUT2D eigenvalue weighted by molar-refractivity contribution is 5.88. The van der Waals surface area contributed by atoms with Gasteiger partial charge in [-0.3, -0.25) is 4.79 Å². The van der Waals surface area contributed by atoms with E-state index in [-0.39, 0.29) is 23.6 Å². The zero-order valence-corrected chi connectivity index (χ0v) is 10.0. The van der Waals surface area contributed by atoms with Crippen LogP contribution in [0.1, 0.15) is 34.7 Å². The minimum Gasteiger partial charge on any atom is -0.478 e. The molecule has 1 aromatic rings. The maximum atomic E-state index is 11.9. The van der Waals surface area contributed by atoms with Crippen molar-refractivity contribution in [3.05, 3.63) is 23.2 Å². The second-order valence-corrected chi connectivity index (χ2v) is 3.88. The number of carbonyl (C=O) groups is 2. The van der Waals surface area contributed by atoms with Gasteiger partial charge in [0.15, 0.2) is 0 Å². The van der Waals surface area contributed by atoms with E-state index in [0.717, 1.165) is 0 Å². The van der Waals surface area contributed by atoms with E-state index in [1.165, 1.54) is 13.0 Å². The first-order chi connectivity index (χ1) is 8.69. The Balaban J connectivity index is 2.47. The molecule has 19 heavy (non-hydrogen) atoms. The van der Waals surface area contributed by atoms with E-state index in [0.29, 0.717) is 0 Å². The summed E-state index contributed by atoms with van der Waals surface area (Å²) in [5.74, 6) is -1.60. The maximum Gasteiger partial charge on any atom is 0.389 e. The van der Waals surface area contributed by atoms with Gasteiger partial charge in [0.1, 0.15) is 17.1 Å². The van der Waals surface area contributed by atoms with Crippen LogP contribution < -0.4 is 5.32 Å². The van der Waals surface area contributed by atoms with Gasteiger partial charge in [0.25, 0.3) is 0 Å². The molecule has 0 spiro atoms. The molecule has 1 heterocycles. The summed E-state index contributed by atoms with van der Waals surface area (Å²) in [7, 11) is 0. The lowest BCUT2D eigenvalue weighted by molar-refractivity contribution is -0.144. The molecule has 0 unspecified atom stereocenters. The number of carbonyl (C=O) groups excluding carboxylic acids is 1. The number of aryl methyl sites for hydroxylation is 1. The number of amides is 1. The minimum atomic E-state index is -4.38. The highest BCUT2D eigenvalue weighted by Crippen LogP contribution is 2.21. The summed E-state index contributed by atoms with van der Waals surface area (Å²) in [6, 6.07) is 1.22. The minimum absolute atomic E-state index is 0.0421. The maximum absolute atomic E-state index is 11.9. The molecule has 8 heteroatoms. The highest BCUT2D eigenvalue weighted by Gasteiger charge is 2.27. The van der Waals surface area contributed by atoms with E-state index in [2.05, 4.69) is 5.32 Å². The average molecular weight is 279 g/mol. The molecule has 106 valence electrons. The van der Waals surface area contributed by atoms with Crippen LogP contribution in [0.15, 0.2) is 10.5 Å². The fraction of sp³-hybridized carbons (Fsp3) is 0.455. The highest BCUT2D eigenvalue weighted by atomic mass is 19.4. The van der Waals surface area contributed by atoms with Crippen molar-refractivity contribution in [3.63, 3.8) is 0 Å². The van der Waals surface area contributed by atoms with Crippen LogP contribution in [-0.2, 0) is 11.3 Å². The standard InChI is InChI=1S/C11H12F3NO4/c1-6-8(10(17)18)4-7(19-6)5-15-9(16)2-3-11(12,13)14/h4H,2-3,5H2,1H3,(H,15,16)(H,17,18). The van der Waals surface area contributed by atoms with Crippen molar-refractivity contribution >= 4 is 11.9 Å². The van der Waals surface area contributed by atoms with Crippen LogP contribution >= 0.6 is 0 Å². The third-order valence-corrected chi connectivity index (χ3v) is 2.29. The number of furan rings is 1. The third-order valence-electron chi connectivity index (χ3n) is 2.29. The van der Waals surface area contributed by atoms with E-state index < -0.39 is 30.9 Å². The molecule has 1 rings (SSSR count). The predicted octanol–water partition coefficient (Wildman–Crippen LogP) is 2.24. The Kier molecular flexibility index (Phi) is 4.57. The Morgan fingerprint density at radius 2 is 2.05 bits per heavy atom. The summed E-state index contributed by atoms with van der Waals surface area (Å²) in [5.41, 5.74) is -0.0421. The zero-order chi connectivity index (χ0) is 14.6.